The zero-order chi connectivity index (χ0) is 18.8. The minimum atomic E-state index is -0.829. The Balaban J connectivity index is 2.02. The van der Waals surface area contributed by atoms with E-state index in [1.165, 1.54) is 44.6 Å². The number of methoxy groups -OCH3 is 2. The molecule has 1 N–H and O–H groups in total. The predicted octanol–water partition coefficient (Wildman–Crippen LogP) is 2.42. The topological polar surface area (TPSA) is 99.9 Å². The number of hydrogen-bond donors (Lipinski definition) is 1. The minimum Gasteiger partial charge on any atom is -0.502 e. The molecule has 130 valence electrons. The molecule has 1 aliphatic rings. The fourth-order valence-electron chi connectivity index (χ4n) is 2.69. The number of nitrogens with zero attached hydrogens (tertiary/aromatic N) is 2. The van der Waals surface area contributed by atoms with Crippen molar-refractivity contribution < 1.29 is 24.2 Å². The number of anilines is 1. The molecule has 1 aliphatic heterocycles. The third-order valence-corrected chi connectivity index (χ3v) is 3.99. The number of amides is 2. The molecule has 0 bridgehead atoms. The number of nitriles is 1. The van der Waals surface area contributed by atoms with Gasteiger partial charge in [-0.3, -0.25) is 9.59 Å². The van der Waals surface area contributed by atoms with Crippen LogP contribution in [0.4, 0.5) is 5.69 Å². The number of aliphatic hydroxyl groups excluding tert-OH is 1. The smallest absolute Gasteiger partial charge is 0.301 e. The first kappa shape index (κ1) is 17.0. The van der Waals surface area contributed by atoms with Crippen molar-refractivity contribution in [1.29, 1.82) is 5.26 Å². The van der Waals surface area contributed by atoms with Crippen LogP contribution in [0, 0.1) is 11.3 Å². The maximum absolute atomic E-state index is 12.8. The average molecular weight is 350 g/mol. The zero-order valence-corrected chi connectivity index (χ0v) is 14.0. The zero-order valence-electron chi connectivity index (χ0n) is 14.0. The molecule has 0 spiro atoms. The van der Waals surface area contributed by atoms with Gasteiger partial charge in [-0.2, -0.15) is 5.26 Å². The summed E-state index contributed by atoms with van der Waals surface area (Å²) in [6.07, 6.45) is 0. The van der Waals surface area contributed by atoms with E-state index in [4.69, 9.17) is 14.7 Å². The minimum absolute atomic E-state index is 0.125. The van der Waals surface area contributed by atoms with Gasteiger partial charge in [-0.1, -0.05) is 6.07 Å². The normalized spacial score (nSPS) is 13.8. The number of benzene rings is 2. The van der Waals surface area contributed by atoms with Gasteiger partial charge in [-0.05, 0) is 42.0 Å². The van der Waals surface area contributed by atoms with E-state index >= 15 is 0 Å². The van der Waals surface area contributed by atoms with E-state index in [0.29, 0.717) is 22.6 Å². The van der Waals surface area contributed by atoms with Crippen LogP contribution in [0.2, 0.25) is 0 Å². The van der Waals surface area contributed by atoms with Crippen LogP contribution in [0.1, 0.15) is 11.1 Å². The van der Waals surface area contributed by atoms with Crippen molar-refractivity contribution in [2.75, 3.05) is 19.1 Å². The molecule has 3 rings (SSSR count). The van der Waals surface area contributed by atoms with Crippen LogP contribution in [0.3, 0.4) is 0 Å². The molecule has 2 aromatic carbocycles. The Bertz CT molecular complexity index is 970. The van der Waals surface area contributed by atoms with Crippen molar-refractivity contribution in [3.8, 4) is 17.6 Å². The predicted molar refractivity (Wildman–Crippen MR) is 92.7 cm³/mol. The highest BCUT2D eigenvalue weighted by molar-refractivity contribution is 6.44. The van der Waals surface area contributed by atoms with Gasteiger partial charge in [-0.25, -0.2) is 4.90 Å². The van der Waals surface area contributed by atoms with Gasteiger partial charge < -0.3 is 14.6 Å². The number of ether oxygens (including phenoxy) is 2. The summed E-state index contributed by atoms with van der Waals surface area (Å²) in [6.45, 7) is 0. The van der Waals surface area contributed by atoms with Crippen molar-refractivity contribution in [1.82, 2.24) is 0 Å². The largest absolute Gasteiger partial charge is 0.502 e. The molecule has 0 saturated carbocycles. The van der Waals surface area contributed by atoms with Gasteiger partial charge in [0.2, 0.25) is 0 Å². The van der Waals surface area contributed by atoms with Crippen LogP contribution in [0.25, 0.3) is 5.57 Å². The van der Waals surface area contributed by atoms with Crippen LogP contribution in [0.5, 0.6) is 11.5 Å². The third-order valence-electron chi connectivity index (χ3n) is 3.99. The number of hydrogen-bond acceptors (Lipinski definition) is 6. The van der Waals surface area contributed by atoms with E-state index in [-0.39, 0.29) is 11.3 Å². The molecule has 0 radical (unpaired) electrons. The average Bonchev–Trinajstić information content (AvgIpc) is 2.90. The van der Waals surface area contributed by atoms with E-state index in [2.05, 4.69) is 0 Å². The monoisotopic (exact) mass is 350 g/mol. The second-order valence-electron chi connectivity index (χ2n) is 5.40. The van der Waals surface area contributed by atoms with E-state index < -0.39 is 17.6 Å². The highest BCUT2D eigenvalue weighted by atomic mass is 16.5. The molecule has 0 unspecified atom stereocenters. The van der Waals surface area contributed by atoms with E-state index in [0.717, 1.165) is 4.90 Å². The summed E-state index contributed by atoms with van der Waals surface area (Å²) in [5.74, 6) is -1.32. The molecule has 0 aromatic heterocycles. The SMILES string of the molecule is COc1ccc(C2=C(O)C(=O)N(c3ccc(C#N)cc3)C2=O)cc1OC. The summed E-state index contributed by atoms with van der Waals surface area (Å²) in [5.41, 5.74) is 0.862. The summed E-state index contributed by atoms with van der Waals surface area (Å²) < 4.78 is 10.3. The van der Waals surface area contributed by atoms with Crippen LogP contribution < -0.4 is 14.4 Å². The lowest BCUT2D eigenvalue weighted by atomic mass is 10.0. The lowest BCUT2D eigenvalue weighted by Gasteiger charge is -2.15. The van der Waals surface area contributed by atoms with Crippen LogP contribution >= 0.6 is 0 Å². The van der Waals surface area contributed by atoms with Crippen molar-refractivity contribution in [2.24, 2.45) is 0 Å². The number of aliphatic hydroxyl groups is 1. The molecule has 0 fully saturated rings. The lowest BCUT2D eigenvalue weighted by molar-refractivity contribution is -0.121. The first-order valence-corrected chi connectivity index (χ1v) is 7.56. The lowest BCUT2D eigenvalue weighted by Crippen LogP contribution is -2.31. The van der Waals surface area contributed by atoms with Crippen LogP contribution in [0.15, 0.2) is 48.2 Å². The van der Waals surface area contributed by atoms with E-state index in [9.17, 15) is 14.7 Å². The van der Waals surface area contributed by atoms with Crippen molar-refractivity contribution in [3.05, 3.63) is 59.4 Å². The summed E-state index contributed by atoms with van der Waals surface area (Å²) in [6, 6.07) is 12.5. The van der Waals surface area contributed by atoms with Gasteiger partial charge >= 0.3 is 5.91 Å². The van der Waals surface area contributed by atoms with Crippen LogP contribution in [-0.2, 0) is 9.59 Å². The summed E-state index contributed by atoms with van der Waals surface area (Å²) in [4.78, 5) is 26.1. The van der Waals surface area contributed by atoms with Gasteiger partial charge in [0, 0.05) is 0 Å². The molecule has 0 saturated heterocycles. The Morgan fingerprint density at radius 3 is 2.19 bits per heavy atom. The van der Waals surface area contributed by atoms with Gasteiger partial charge in [0.05, 0.1) is 37.1 Å². The molecule has 7 nitrogen and oxygen atoms in total. The maximum Gasteiger partial charge on any atom is 0.301 e. The number of imide groups is 1. The Kier molecular flexibility index (Phi) is 4.33. The Morgan fingerprint density at radius 2 is 1.62 bits per heavy atom. The van der Waals surface area contributed by atoms with E-state index in [1.807, 2.05) is 6.07 Å². The maximum atomic E-state index is 12.8. The molecule has 2 aromatic rings. The highest BCUT2D eigenvalue weighted by Crippen LogP contribution is 2.36. The number of carbonyl (C=O) groups excluding carboxylic acids is 2. The molecule has 7 heteroatoms. The van der Waals surface area contributed by atoms with Gasteiger partial charge in [-0.15, -0.1) is 0 Å². The van der Waals surface area contributed by atoms with Crippen molar-refractivity contribution in [2.45, 2.75) is 0 Å². The molecule has 0 atom stereocenters. The molecule has 0 aliphatic carbocycles. The fraction of sp³-hybridized carbons (Fsp3) is 0.105. The van der Waals surface area contributed by atoms with E-state index in [1.54, 1.807) is 12.1 Å². The quantitative estimate of drug-likeness (QED) is 0.850. The Morgan fingerprint density at radius 1 is 0.962 bits per heavy atom. The highest BCUT2D eigenvalue weighted by Gasteiger charge is 2.40. The summed E-state index contributed by atoms with van der Waals surface area (Å²) in [5, 5.41) is 19.1. The third kappa shape index (κ3) is 2.63. The molecule has 26 heavy (non-hydrogen) atoms. The van der Waals surface area contributed by atoms with Crippen molar-refractivity contribution >= 4 is 23.1 Å². The van der Waals surface area contributed by atoms with Gasteiger partial charge in [0.1, 0.15) is 0 Å². The Labute approximate surface area is 149 Å². The van der Waals surface area contributed by atoms with Gasteiger partial charge in [0.15, 0.2) is 17.3 Å². The second-order valence-corrected chi connectivity index (χ2v) is 5.40. The first-order chi connectivity index (χ1) is 12.5. The standard InChI is InChI=1S/C19H14N2O5/c1-25-14-8-5-12(9-15(14)26-2)16-17(22)19(24)21(18(16)23)13-6-3-11(10-20)4-7-13/h3-9,22H,1-2H3. The Hall–Kier alpha value is -3.79. The van der Waals surface area contributed by atoms with Gasteiger partial charge in [0.25, 0.3) is 5.91 Å². The molecular formula is C19H14N2O5. The molecule has 2 amide bonds. The van der Waals surface area contributed by atoms with Crippen LogP contribution in [-0.4, -0.2) is 31.1 Å². The summed E-state index contributed by atoms with van der Waals surface area (Å²) in [7, 11) is 2.92. The number of rotatable bonds is 4. The molecular weight excluding hydrogens is 336 g/mol. The molecule has 1 heterocycles. The van der Waals surface area contributed by atoms with Crippen molar-refractivity contribution in [3.63, 3.8) is 0 Å². The second kappa shape index (κ2) is 6.61. The fourth-order valence-corrected chi connectivity index (χ4v) is 2.69. The first-order valence-electron chi connectivity index (χ1n) is 7.56. The number of carbonyl (C=O) groups is 2. The summed E-state index contributed by atoms with van der Waals surface area (Å²) >= 11 is 0.